The highest BCUT2D eigenvalue weighted by molar-refractivity contribution is 6.09. The van der Waals surface area contributed by atoms with Crippen molar-refractivity contribution in [3.8, 4) is 29.1 Å². The fraction of sp³-hybridized carbons (Fsp3) is 0.238. The number of alkyl halides is 2. The van der Waals surface area contributed by atoms with E-state index in [-0.39, 0.29) is 23.7 Å². The molecule has 0 atom stereocenters. The summed E-state index contributed by atoms with van der Waals surface area (Å²) in [5.74, 6) is 0.377. The molecular weight excluding hydrogens is 398 g/mol. The van der Waals surface area contributed by atoms with Crippen LogP contribution in [0.3, 0.4) is 0 Å². The number of nitrogens with zero attached hydrogens (tertiary/aromatic N) is 1. The second-order valence-corrected chi connectivity index (χ2v) is 6.00. The first-order chi connectivity index (χ1) is 14.5. The Labute approximate surface area is 171 Å². The van der Waals surface area contributed by atoms with E-state index in [1.54, 1.807) is 25.1 Å². The van der Waals surface area contributed by atoms with E-state index in [9.17, 15) is 18.8 Å². The number of halogens is 2. The molecule has 156 valence electrons. The molecule has 0 radical (unpaired) electrons. The minimum absolute atomic E-state index is 0.0797. The maximum absolute atomic E-state index is 12.5. The topological polar surface area (TPSA) is 89.8 Å². The molecule has 2 aromatic rings. The van der Waals surface area contributed by atoms with Gasteiger partial charge >= 0.3 is 6.61 Å². The minimum atomic E-state index is -3.00. The SMILES string of the molecule is CCOc1cc(/C=C(\C#N)C(=O)Nc2ccc3c(c2)OCCO3)ccc1OC(F)F. The van der Waals surface area contributed by atoms with Gasteiger partial charge in [0.1, 0.15) is 24.9 Å². The van der Waals surface area contributed by atoms with Crippen molar-refractivity contribution in [2.75, 3.05) is 25.1 Å². The monoisotopic (exact) mass is 416 g/mol. The summed E-state index contributed by atoms with van der Waals surface area (Å²) in [5.41, 5.74) is 0.657. The summed E-state index contributed by atoms with van der Waals surface area (Å²) in [7, 11) is 0. The number of anilines is 1. The third-order valence-corrected chi connectivity index (χ3v) is 3.96. The standard InChI is InChI=1S/C21H18F2N2O5/c1-2-27-18-10-13(3-5-17(18)30-21(22)23)9-14(12-24)20(26)25-15-4-6-16-19(11-15)29-8-7-28-16/h3-6,9-11,21H,2,7-8H2,1H3,(H,25,26)/b14-9+. The lowest BCUT2D eigenvalue weighted by molar-refractivity contribution is -0.112. The maximum atomic E-state index is 12.5. The second-order valence-electron chi connectivity index (χ2n) is 6.00. The van der Waals surface area contributed by atoms with Crippen molar-refractivity contribution in [3.05, 3.63) is 47.5 Å². The highest BCUT2D eigenvalue weighted by Crippen LogP contribution is 2.33. The predicted octanol–water partition coefficient (Wildman–Crippen LogP) is 4.00. The zero-order valence-corrected chi connectivity index (χ0v) is 16.0. The molecule has 30 heavy (non-hydrogen) atoms. The fourth-order valence-corrected chi connectivity index (χ4v) is 2.71. The summed E-state index contributed by atoms with van der Waals surface area (Å²) in [6.45, 7) is -0.234. The summed E-state index contributed by atoms with van der Waals surface area (Å²) in [4.78, 5) is 12.5. The van der Waals surface area contributed by atoms with E-state index in [1.165, 1.54) is 24.3 Å². The Hall–Kier alpha value is -3.80. The number of carbonyl (C=O) groups excluding carboxylic acids is 1. The van der Waals surface area contributed by atoms with Gasteiger partial charge in [0, 0.05) is 11.8 Å². The number of ether oxygens (including phenoxy) is 4. The zero-order chi connectivity index (χ0) is 21.5. The van der Waals surface area contributed by atoms with Gasteiger partial charge in [-0.15, -0.1) is 0 Å². The van der Waals surface area contributed by atoms with Crippen molar-refractivity contribution in [2.24, 2.45) is 0 Å². The van der Waals surface area contributed by atoms with Gasteiger partial charge < -0.3 is 24.3 Å². The molecular formula is C21H18F2N2O5. The Morgan fingerprint density at radius 1 is 1.20 bits per heavy atom. The van der Waals surface area contributed by atoms with Crippen LogP contribution in [0.1, 0.15) is 12.5 Å². The van der Waals surface area contributed by atoms with Crippen LogP contribution < -0.4 is 24.3 Å². The van der Waals surface area contributed by atoms with Gasteiger partial charge in [-0.05, 0) is 42.8 Å². The predicted molar refractivity (Wildman–Crippen MR) is 104 cm³/mol. The fourth-order valence-electron chi connectivity index (χ4n) is 2.71. The van der Waals surface area contributed by atoms with Crippen LogP contribution in [0.25, 0.3) is 6.08 Å². The molecule has 0 unspecified atom stereocenters. The Balaban J connectivity index is 1.80. The van der Waals surface area contributed by atoms with Gasteiger partial charge in [0.05, 0.1) is 6.61 Å². The average molecular weight is 416 g/mol. The second kappa shape index (κ2) is 9.60. The lowest BCUT2D eigenvalue weighted by Gasteiger charge is -2.18. The van der Waals surface area contributed by atoms with Gasteiger partial charge in [-0.3, -0.25) is 4.79 Å². The highest BCUT2D eigenvalue weighted by atomic mass is 19.3. The molecule has 1 aliphatic rings. The van der Waals surface area contributed by atoms with Gasteiger partial charge in [0.25, 0.3) is 5.91 Å². The molecule has 0 bridgehead atoms. The van der Waals surface area contributed by atoms with Gasteiger partial charge in [0.2, 0.25) is 0 Å². The van der Waals surface area contributed by atoms with Gasteiger partial charge in [-0.25, -0.2) is 0 Å². The van der Waals surface area contributed by atoms with Crippen LogP contribution in [0.15, 0.2) is 42.0 Å². The highest BCUT2D eigenvalue weighted by Gasteiger charge is 2.16. The number of benzene rings is 2. The minimum Gasteiger partial charge on any atom is -0.490 e. The molecule has 0 saturated heterocycles. The van der Waals surface area contributed by atoms with Crippen LogP contribution in [-0.2, 0) is 4.79 Å². The van der Waals surface area contributed by atoms with E-state index in [2.05, 4.69) is 10.1 Å². The molecule has 0 aromatic heterocycles. The van der Waals surface area contributed by atoms with Crippen molar-refractivity contribution in [3.63, 3.8) is 0 Å². The molecule has 0 spiro atoms. The molecule has 1 aliphatic heterocycles. The van der Waals surface area contributed by atoms with Crippen LogP contribution in [0.5, 0.6) is 23.0 Å². The van der Waals surface area contributed by atoms with E-state index in [0.717, 1.165) is 0 Å². The number of hydrogen-bond donors (Lipinski definition) is 1. The Morgan fingerprint density at radius 2 is 1.97 bits per heavy atom. The van der Waals surface area contributed by atoms with Crippen LogP contribution in [-0.4, -0.2) is 32.3 Å². The van der Waals surface area contributed by atoms with Gasteiger partial charge in [-0.2, -0.15) is 14.0 Å². The number of rotatable bonds is 7. The lowest BCUT2D eigenvalue weighted by Crippen LogP contribution is -2.17. The first-order valence-corrected chi connectivity index (χ1v) is 9.04. The molecule has 1 N–H and O–H groups in total. The molecule has 3 rings (SSSR count). The summed E-state index contributed by atoms with van der Waals surface area (Å²) in [5, 5.41) is 12.0. The molecule has 0 saturated carbocycles. The van der Waals surface area contributed by atoms with Crippen molar-refractivity contribution < 1.29 is 32.5 Å². The van der Waals surface area contributed by atoms with Crippen molar-refractivity contribution >= 4 is 17.7 Å². The van der Waals surface area contributed by atoms with Crippen LogP contribution in [0.4, 0.5) is 14.5 Å². The summed E-state index contributed by atoms with van der Waals surface area (Å²) in [6, 6.07) is 10.9. The molecule has 0 fully saturated rings. The average Bonchev–Trinajstić information content (AvgIpc) is 2.73. The van der Waals surface area contributed by atoms with Crippen LogP contribution in [0, 0.1) is 11.3 Å². The van der Waals surface area contributed by atoms with Crippen molar-refractivity contribution in [1.82, 2.24) is 0 Å². The summed E-state index contributed by atoms with van der Waals surface area (Å²) in [6.07, 6.45) is 1.32. The lowest BCUT2D eigenvalue weighted by atomic mass is 10.1. The van der Waals surface area contributed by atoms with E-state index in [1.807, 2.05) is 6.07 Å². The van der Waals surface area contributed by atoms with E-state index >= 15 is 0 Å². The molecule has 9 heteroatoms. The molecule has 2 aromatic carbocycles. The summed E-state index contributed by atoms with van der Waals surface area (Å²) >= 11 is 0. The molecule has 1 heterocycles. The Kier molecular flexibility index (Phi) is 6.70. The quantitative estimate of drug-likeness (QED) is 0.542. The third-order valence-electron chi connectivity index (χ3n) is 3.96. The van der Waals surface area contributed by atoms with Crippen molar-refractivity contribution in [2.45, 2.75) is 13.5 Å². The van der Waals surface area contributed by atoms with Crippen LogP contribution >= 0.6 is 0 Å². The number of fused-ring (bicyclic) bond motifs is 1. The van der Waals surface area contributed by atoms with Gasteiger partial charge in [0.15, 0.2) is 23.0 Å². The largest absolute Gasteiger partial charge is 0.490 e. The molecule has 0 aliphatic carbocycles. The number of nitrogens with one attached hydrogen (secondary N) is 1. The Morgan fingerprint density at radius 3 is 2.67 bits per heavy atom. The maximum Gasteiger partial charge on any atom is 0.387 e. The molecule has 1 amide bonds. The van der Waals surface area contributed by atoms with E-state index in [0.29, 0.717) is 36.0 Å². The first kappa shape index (κ1) is 20.9. The third kappa shape index (κ3) is 5.17. The number of nitriles is 1. The zero-order valence-electron chi connectivity index (χ0n) is 16.0. The number of carbonyl (C=O) groups is 1. The van der Waals surface area contributed by atoms with E-state index < -0.39 is 12.5 Å². The number of amides is 1. The van der Waals surface area contributed by atoms with Crippen molar-refractivity contribution in [1.29, 1.82) is 5.26 Å². The summed E-state index contributed by atoms with van der Waals surface area (Å²) < 4.78 is 45.7. The first-order valence-electron chi connectivity index (χ1n) is 9.04. The normalized spacial score (nSPS) is 12.8. The smallest absolute Gasteiger partial charge is 0.387 e. The van der Waals surface area contributed by atoms with E-state index in [4.69, 9.17) is 14.2 Å². The number of hydrogen-bond acceptors (Lipinski definition) is 6. The van der Waals surface area contributed by atoms with Gasteiger partial charge in [-0.1, -0.05) is 6.07 Å². The Bertz CT molecular complexity index is 1000. The van der Waals surface area contributed by atoms with Crippen LogP contribution in [0.2, 0.25) is 0 Å². The molecule has 7 nitrogen and oxygen atoms in total.